The van der Waals surface area contributed by atoms with E-state index in [1.54, 1.807) is 0 Å². The van der Waals surface area contributed by atoms with Crippen LogP contribution >= 0.6 is 0 Å². The number of benzene rings is 3. The molecular weight excluding hydrogens is 384 g/mol. The number of carbonyl (C=O) groups is 2. The van der Waals surface area contributed by atoms with Crippen LogP contribution in [0.5, 0.6) is 0 Å². The number of cyclic esters (lactones) is 2. The lowest BCUT2D eigenvalue weighted by Gasteiger charge is -2.26. The molecule has 0 amide bonds. The van der Waals surface area contributed by atoms with Crippen molar-refractivity contribution < 1.29 is 28.5 Å². The van der Waals surface area contributed by atoms with Crippen molar-refractivity contribution in [2.24, 2.45) is 0 Å². The van der Waals surface area contributed by atoms with E-state index in [0.29, 0.717) is 26.4 Å². The summed E-state index contributed by atoms with van der Waals surface area (Å²) >= 11 is 0. The molecule has 0 bridgehead atoms. The molecule has 0 aromatic heterocycles. The number of esters is 2. The molecule has 0 N–H and O–H groups in total. The molecule has 0 saturated carbocycles. The lowest BCUT2D eigenvalue weighted by molar-refractivity contribution is -0.188. The lowest BCUT2D eigenvalue weighted by atomic mass is 9.90. The number of ether oxygens (including phenoxy) is 4. The maximum absolute atomic E-state index is 11.5. The number of aryl methyl sites for hydroxylation is 2. The standard InChI is InChI=1S/C24H22O6/c1-13-3-5-15-17(7-13)19(9-27-21-11-29-23(21)25)16-6-4-14(2)8-18(16)20(15)10-28-22-12-30-24(22)26/h3-8,21-22H,9-12H2,1-2H3. The van der Waals surface area contributed by atoms with Crippen LogP contribution in [-0.4, -0.2) is 37.4 Å². The Morgan fingerprint density at radius 1 is 0.733 bits per heavy atom. The van der Waals surface area contributed by atoms with Crippen LogP contribution < -0.4 is 0 Å². The van der Waals surface area contributed by atoms with Gasteiger partial charge in [0.05, 0.1) is 13.2 Å². The predicted octanol–water partition coefficient (Wildman–Crippen LogP) is 3.49. The average Bonchev–Trinajstić information content (AvgIpc) is 2.72. The third-order valence-corrected chi connectivity index (χ3v) is 5.79. The summed E-state index contributed by atoms with van der Waals surface area (Å²) in [5.74, 6) is -0.624. The molecule has 2 saturated heterocycles. The van der Waals surface area contributed by atoms with Gasteiger partial charge in [-0.3, -0.25) is 0 Å². The van der Waals surface area contributed by atoms with Gasteiger partial charge < -0.3 is 18.9 Å². The smallest absolute Gasteiger partial charge is 0.338 e. The van der Waals surface area contributed by atoms with Crippen molar-refractivity contribution >= 4 is 33.5 Å². The third-order valence-electron chi connectivity index (χ3n) is 5.79. The summed E-state index contributed by atoms with van der Waals surface area (Å²) in [7, 11) is 0. The van der Waals surface area contributed by atoms with Crippen LogP contribution in [0.25, 0.3) is 21.5 Å². The van der Waals surface area contributed by atoms with Crippen molar-refractivity contribution in [3.05, 3.63) is 58.7 Å². The van der Waals surface area contributed by atoms with Crippen LogP contribution in [0, 0.1) is 13.8 Å². The van der Waals surface area contributed by atoms with E-state index in [0.717, 1.165) is 43.8 Å². The minimum absolute atomic E-state index is 0.302. The molecule has 5 rings (SSSR count). The fraction of sp³-hybridized carbons (Fsp3) is 0.333. The van der Waals surface area contributed by atoms with Crippen LogP contribution in [0.4, 0.5) is 0 Å². The molecule has 2 heterocycles. The Labute approximate surface area is 173 Å². The van der Waals surface area contributed by atoms with Gasteiger partial charge in [-0.25, -0.2) is 9.59 Å². The van der Waals surface area contributed by atoms with E-state index >= 15 is 0 Å². The predicted molar refractivity (Wildman–Crippen MR) is 110 cm³/mol. The highest BCUT2D eigenvalue weighted by atomic mass is 16.6. The van der Waals surface area contributed by atoms with E-state index < -0.39 is 12.2 Å². The monoisotopic (exact) mass is 406 g/mol. The Morgan fingerprint density at radius 3 is 1.50 bits per heavy atom. The zero-order valence-corrected chi connectivity index (χ0v) is 16.9. The van der Waals surface area contributed by atoms with Crippen molar-refractivity contribution in [1.29, 1.82) is 0 Å². The third kappa shape index (κ3) is 3.22. The SMILES string of the molecule is Cc1ccc2c(COC3COC3=O)c3cc(C)ccc3c(COC3COC3=O)c2c1. The first-order valence-corrected chi connectivity index (χ1v) is 10.0. The van der Waals surface area contributed by atoms with Crippen LogP contribution in [0.15, 0.2) is 36.4 Å². The summed E-state index contributed by atoms with van der Waals surface area (Å²) in [6.45, 7) is 5.33. The van der Waals surface area contributed by atoms with Gasteiger partial charge in [0, 0.05) is 0 Å². The molecule has 6 heteroatoms. The molecule has 2 aliphatic heterocycles. The second kappa shape index (κ2) is 7.38. The maximum atomic E-state index is 11.5. The molecule has 154 valence electrons. The minimum Gasteiger partial charge on any atom is -0.460 e. The molecule has 0 spiro atoms. The van der Waals surface area contributed by atoms with Crippen LogP contribution in [0.1, 0.15) is 22.3 Å². The van der Waals surface area contributed by atoms with Crippen molar-refractivity contribution in [2.75, 3.05) is 13.2 Å². The van der Waals surface area contributed by atoms with E-state index in [-0.39, 0.29) is 11.9 Å². The van der Waals surface area contributed by atoms with Gasteiger partial charge in [0.2, 0.25) is 0 Å². The van der Waals surface area contributed by atoms with E-state index in [2.05, 4.69) is 36.4 Å². The Balaban J connectivity index is 1.63. The van der Waals surface area contributed by atoms with Gasteiger partial charge in [-0.15, -0.1) is 0 Å². The number of hydrogen-bond donors (Lipinski definition) is 0. The second-order valence-electron chi connectivity index (χ2n) is 7.91. The first-order valence-electron chi connectivity index (χ1n) is 10.0. The van der Waals surface area contributed by atoms with Crippen LogP contribution in [-0.2, 0) is 41.8 Å². The molecule has 2 atom stereocenters. The normalized spacial score (nSPS) is 20.6. The first-order chi connectivity index (χ1) is 14.5. The van der Waals surface area contributed by atoms with Gasteiger partial charge in [-0.05, 0) is 46.5 Å². The summed E-state index contributed by atoms with van der Waals surface area (Å²) in [6, 6.07) is 12.6. The zero-order valence-electron chi connectivity index (χ0n) is 16.9. The lowest BCUT2D eigenvalue weighted by Crippen LogP contribution is -2.42. The maximum Gasteiger partial charge on any atom is 0.338 e. The van der Waals surface area contributed by atoms with Gasteiger partial charge >= 0.3 is 11.9 Å². The van der Waals surface area contributed by atoms with E-state index in [9.17, 15) is 9.59 Å². The second-order valence-corrected chi connectivity index (χ2v) is 7.91. The molecular formula is C24H22O6. The quantitative estimate of drug-likeness (QED) is 0.461. The molecule has 0 aliphatic carbocycles. The largest absolute Gasteiger partial charge is 0.460 e. The highest BCUT2D eigenvalue weighted by Crippen LogP contribution is 2.36. The Bertz CT molecular complexity index is 1090. The van der Waals surface area contributed by atoms with Crippen molar-refractivity contribution in [1.82, 2.24) is 0 Å². The summed E-state index contributed by atoms with van der Waals surface area (Å²) in [5, 5.41) is 4.24. The number of rotatable bonds is 6. The van der Waals surface area contributed by atoms with Crippen LogP contribution in [0.2, 0.25) is 0 Å². The molecule has 2 unspecified atom stereocenters. The Morgan fingerprint density at radius 2 is 1.17 bits per heavy atom. The number of fused-ring (bicyclic) bond motifs is 2. The fourth-order valence-corrected chi connectivity index (χ4v) is 3.98. The average molecular weight is 406 g/mol. The van der Waals surface area contributed by atoms with Crippen molar-refractivity contribution in [3.63, 3.8) is 0 Å². The Hall–Kier alpha value is -2.96. The fourth-order valence-electron chi connectivity index (χ4n) is 3.98. The molecule has 0 radical (unpaired) electrons. The van der Waals surface area contributed by atoms with E-state index in [1.165, 1.54) is 0 Å². The topological polar surface area (TPSA) is 71.1 Å². The van der Waals surface area contributed by atoms with Gasteiger partial charge in [-0.1, -0.05) is 47.5 Å². The summed E-state index contributed by atoms with van der Waals surface area (Å²) in [6.07, 6.45) is -1.00. The highest BCUT2D eigenvalue weighted by molar-refractivity contribution is 6.06. The van der Waals surface area contributed by atoms with E-state index in [1.807, 2.05) is 13.8 Å². The molecule has 2 aliphatic rings. The van der Waals surface area contributed by atoms with E-state index in [4.69, 9.17) is 18.9 Å². The number of hydrogen-bond acceptors (Lipinski definition) is 6. The van der Waals surface area contributed by atoms with Gasteiger partial charge in [0.1, 0.15) is 13.2 Å². The van der Waals surface area contributed by atoms with Crippen molar-refractivity contribution in [3.8, 4) is 0 Å². The molecule has 6 nitrogen and oxygen atoms in total. The van der Waals surface area contributed by atoms with Gasteiger partial charge in [0.25, 0.3) is 0 Å². The summed E-state index contributed by atoms with van der Waals surface area (Å²) in [5.41, 5.74) is 4.34. The highest BCUT2D eigenvalue weighted by Gasteiger charge is 2.33. The Kier molecular flexibility index (Phi) is 4.68. The first kappa shape index (κ1) is 19.0. The number of carbonyl (C=O) groups excluding carboxylic acids is 2. The van der Waals surface area contributed by atoms with Crippen molar-refractivity contribution in [2.45, 2.75) is 39.3 Å². The molecule has 3 aromatic carbocycles. The summed E-state index contributed by atoms with van der Waals surface area (Å²) < 4.78 is 21.4. The molecule has 3 aromatic rings. The zero-order chi connectivity index (χ0) is 20.8. The molecule has 2 fully saturated rings. The van der Waals surface area contributed by atoms with Gasteiger partial charge in [-0.2, -0.15) is 0 Å². The van der Waals surface area contributed by atoms with Gasteiger partial charge in [0.15, 0.2) is 12.2 Å². The van der Waals surface area contributed by atoms with Crippen LogP contribution in [0.3, 0.4) is 0 Å². The minimum atomic E-state index is -0.502. The summed E-state index contributed by atoms with van der Waals surface area (Å²) in [4.78, 5) is 23.1. The molecule has 30 heavy (non-hydrogen) atoms.